The van der Waals surface area contributed by atoms with Crippen molar-refractivity contribution in [1.82, 2.24) is 9.62 Å². The summed E-state index contributed by atoms with van der Waals surface area (Å²) < 4.78 is 41.1. The van der Waals surface area contributed by atoms with E-state index in [4.69, 9.17) is 11.6 Å². The number of halogens is 2. The van der Waals surface area contributed by atoms with Crippen molar-refractivity contribution >= 4 is 21.6 Å². The molecule has 116 valence electrons. The van der Waals surface area contributed by atoms with Crippen molar-refractivity contribution in [3.8, 4) is 0 Å². The molecule has 1 N–H and O–H groups in total. The normalized spacial score (nSPS) is 22.9. The van der Waals surface area contributed by atoms with E-state index in [1.807, 2.05) is 0 Å². The maximum absolute atomic E-state index is 14.1. The van der Waals surface area contributed by atoms with Crippen molar-refractivity contribution in [3.63, 3.8) is 0 Å². The lowest BCUT2D eigenvalue weighted by Gasteiger charge is -2.25. The minimum Gasteiger partial charge on any atom is -0.313 e. The summed E-state index contributed by atoms with van der Waals surface area (Å²) in [6.45, 7) is 1.31. The summed E-state index contributed by atoms with van der Waals surface area (Å²) >= 11 is 5.72. The molecular formula is C14H18ClFN2O2S. The van der Waals surface area contributed by atoms with Crippen molar-refractivity contribution in [2.75, 3.05) is 13.1 Å². The Hall–Kier alpha value is -0.690. The second-order valence-electron chi connectivity index (χ2n) is 5.65. The Morgan fingerprint density at radius 1 is 1.33 bits per heavy atom. The Balaban J connectivity index is 1.91. The number of sulfonamides is 1. The lowest BCUT2D eigenvalue weighted by molar-refractivity contribution is 0.361. The first-order chi connectivity index (χ1) is 10.00. The lowest BCUT2D eigenvalue weighted by Crippen LogP contribution is -2.42. The van der Waals surface area contributed by atoms with E-state index in [2.05, 4.69) is 5.32 Å². The zero-order chi connectivity index (χ0) is 15.0. The van der Waals surface area contributed by atoms with Crippen LogP contribution >= 0.6 is 11.6 Å². The average Bonchev–Trinajstić information content (AvgIpc) is 3.15. The van der Waals surface area contributed by atoms with Gasteiger partial charge in [-0.25, -0.2) is 12.8 Å². The molecular weight excluding hydrogens is 315 g/mol. The largest absolute Gasteiger partial charge is 0.313 e. The number of hydrogen-bond acceptors (Lipinski definition) is 3. The Bertz CT molecular complexity index is 628. The van der Waals surface area contributed by atoms with Crippen LogP contribution < -0.4 is 5.32 Å². The van der Waals surface area contributed by atoms with Gasteiger partial charge in [0.05, 0.1) is 5.02 Å². The number of rotatable bonds is 5. The predicted octanol–water partition coefficient (Wildman–Crippen LogP) is 2.38. The molecule has 1 saturated heterocycles. The fraction of sp³-hybridized carbons (Fsp3) is 0.571. The summed E-state index contributed by atoms with van der Waals surface area (Å²) in [4.78, 5) is -0.320. The van der Waals surface area contributed by atoms with Crippen LogP contribution in [-0.4, -0.2) is 37.9 Å². The van der Waals surface area contributed by atoms with Gasteiger partial charge >= 0.3 is 0 Å². The van der Waals surface area contributed by atoms with Gasteiger partial charge in [0.1, 0.15) is 4.90 Å². The topological polar surface area (TPSA) is 49.4 Å². The van der Waals surface area contributed by atoms with E-state index < -0.39 is 15.8 Å². The monoisotopic (exact) mass is 332 g/mol. The lowest BCUT2D eigenvalue weighted by atomic mass is 10.2. The first-order valence-corrected chi connectivity index (χ1v) is 9.01. The predicted molar refractivity (Wildman–Crippen MR) is 79.3 cm³/mol. The molecule has 1 aliphatic carbocycles. The summed E-state index contributed by atoms with van der Waals surface area (Å²) in [7, 11) is -3.84. The number of hydrogen-bond donors (Lipinski definition) is 1. The summed E-state index contributed by atoms with van der Waals surface area (Å²) in [5.74, 6) is -0.857. The van der Waals surface area contributed by atoms with E-state index in [9.17, 15) is 12.8 Å². The summed E-state index contributed by atoms with van der Waals surface area (Å²) in [5, 5.41) is 3.13. The fourth-order valence-corrected chi connectivity index (χ4v) is 4.79. The molecule has 1 unspecified atom stereocenters. The third-order valence-corrected chi connectivity index (χ3v) is 6.25. The van der Waals surface area contributed by atoms with Crippen LogP contribution in [-0.2, 0) is 10.0 Å². The third kappa shape index (κ3) is 3.08. The van der Waals surface area contributed by atoms with Crippen molar-refractivity contribution in [2.24, 2.45) is 0 Å². The van der Waals surface area contributed by atoms with Crippen LogP contribution in [0.15, 0.2) is 23.1 Å². The standard InChI is InChI=1S/C14H18ClFN2O2S/c15-12-4-1-5-13(14(12)16)21(19,20)18(11-6-7-11)9-10-3-2-8-17-10/h1,4-5,10-11,17H,2-3,6-9H2. The smallest absolute Gasteiger partial charge is 0.246 e. The van der Waals surface area contributed by atoms with E-state index in [0.717, 1.165) is 32.2 Å². The fourth-order valence-electron chi connectivity index (χ4n) is 2.75. The molecule has 0 amide bonds. The highest BCUT2D eigenvalue weighted by Crippen LogP contribution is 2.34. The summed E-state index contributed by atoms with van der Waals surface area (Å²) in [6.07, 6.45) is 3.69. The first-order valence-electron chi connectivity index (χ1n) is 7.19. The maximum Gasteiger partial charge on any atom is 0.246 e. The molecule has 1 atom stereocenters. The van der Waals surface area contributed by atoms with E-state index in [-0.39, 0.29) is 22.0 Å². The second-order valence-corrected chi connectivity index (χ2v) is 7.92. The quantitative estimate of drug-likeness (QED) is 0.900. The van der Waals surface area contributed by atoms with E-state index in [1.54, 1.807) is 0 Å². The molecule has 1 saturated carbocycles. The minimum absolute atomic E-state index is 0.00391. The van der Waals surface area contributed by atoms with Gasteiger partial charge in [0.15, 0.2) is 5.82 Å². The van der Waals surface area contributed by atoms with Gasteiger partial charge < -0.3 is 5.32 Å². The molecule has 21 heavy (non-hydrogen) atoms. The highest BCUT2D eigenvalue weighted by atomic mass is 35.5. The van der Waals surface area contributed by atoms with Gasteiger partial charge in [-0.15, -0.1) is 0 Å². The minimum atomic E-state index is -3.84. The van der Waals surface area contributed by atoms with Crippen LogP contribution in [0.4, 0.5) is 4.39 Å². The second kappa shape index (κ2) is 5.83. The number of nitrogens with zero attached hydrogens (tertiary/aromatic N) is 1. The molecule has 0 spiro atoms. The summed E-state index contributed by atoms with van der Waals surface area (Å²) in [5.41, 5.74) is 0. The molecule has 4 nitrogen and oxygen atoms in total. The Morgan fingerprint density at radius 2 is 2.10 bits per heavy atom. The Kier molecular flexibility index (Phi) is 4.23. The van der Waals surface area contributed by atoms with Gasteiger partial charge in [-0.05, 0) is 44.4 Å². The van der Waals surface area contributed by atoms with Crippen LogP contribution in [0.3, 0.4) is 0 Å². The van der Waals surface area contributed by atoms with E-state index in [1.165, 1.54) is 22.5 Å². The van der Waals surface area contributed by atoms with Crippen LogP contribution in [0.5, 0.6) is 0 Å². The highest BCUT2D eigenvalue weighted by Gasteiger charge is 2.40. The number of benzene rings is 1. The van der Waals surface area contributed by atoms with E-state index >= 15 is 0 Å². The summed E-state index contributed by atoms with van der Waals surface area (Å²) in [6, 6.07) is 4.26. The van der Waals surface area contributed by atoms with Gasteiger partial charge in [0, 0.05) is 18.6 Å². The van der Waals surface area contributed by atoms with Crippen LogP contribution in [0, 0.1) is 5.82 Å². The van der Waals surface area contributed by atoms with Gasteiger partial charge in [-0.2, -0.15) is 4.31 Å². The zero-order valence-electron chi connectivity index (χ0n) is 11.6. The third-order valence-electron chi connectivity index (χ3n) is 4.02. The van der Waals surface area contributed by atoms with E-state index in [0.29, 0.717) is 6.54 Å². The highest BCUT2D eigenvalue weighted by molar-refractivity contribution is 7.89. The van der Waals surface area contributed by atoms with Gasteiger partial charge in [-0.1, -0.05) is 17.7 Å². The molecule has 2 aliphatic rings. The molecule has 1 aliphatic heterocycles. The molecule has 1 aromatic carbocycles. The molecule has 7 heteroatoms. The molecule has 1 heterocycles. The molecule has 0 bridgehead atoms. The van der Waals surface area contributed by atoms with Gasteiger partial charge in [0.25, 0.3) is 0 Å². The first kappa shape index (κ1) is 15.2. The van der Waals surface area contributed by atoms with Crippen molar-refractivity contribution in [3.05, 3.63) is 29.0 Å². The molecule has 0 radical (unpaired) electrons. The van der Waals surface area contributed by atoms with Crippen LogP contribution in [0.1, 0.15) is 25.7 Å². The average molecular weight is 333 g/mol. The molecule has 1 aromatic rings. The van der Waals surface area contributed by atoms with Crippen molar-refractivity contribution in [1.29, 1.82) is 0 Å². The Morgan fingerprint density at radius 3 is 2.71 bits per heavy atom. The van der Waals surface area contributed by atoms with Gasteiger partial charge in [0.2, 0.25) is 10.0 Å². The van der Waals surface area contributed by atoms with Crippen molar-refractivity contribution in [2.45, 2.75) is 42.7 Å². The maximum atomic E-state index is 14.1. The molecule has 3 rings (SSSR count). The van der Waals surface area contributed by atoms with Crippen molar-refractivity contribution < 1.29 is 12.8 Å². The zero-order valence-corrected chi connectivity index (χ0v) is 13.1. The van der Waals surface area contributed by atoms with Crippen LogP contribution in [0.2, 0.25) is 5.02 Å². The van der Waals surface area contributed by atoms with Gasteiger partial charge in [-0.3, -0.25) is 0 Å². The van der Waals surface area contributed by atoms with Crippen LogP contribution in [0.25, 0.3) is 0 Å². The number of nitrogens with one attached hydrogen (secondary N) is 1. The SMILES string of the molecule is O=S(=O)(c1cccc(Cl)c1F)N(CC1CCCN1)C1CC1. The molecule has 2 fully saturated rings. The molecule has 0 aromatic heterocycles. The Labute approximate surface area is 129 Å².